The highest BCUT2D eigenvalue weighted by Gasteiger charge is 2.55. The quantitative estimate of drug-likeness (QED) is 0.337. The summed E-state index contributed by atoms with van der Waals surface area (Å²) in [5.74, 6) is -1.12. The van der Waals surface area contributed by atoms with Gasteiger partial charge in [-0.25, -0.2) is 13.8 Å². The van der Waals surface area contributed by atoms with E-state index in [9.17, 15) is 26.7 Å². The van der Waals surface area contributed by atoms with Gasteiger partial charge in [0, 0.05) is 30.1 Å². The molecule has 2 unspecified atom stereocenters. The Hall–Kier alpha value is -3.26. The van der Waals surface area contributed by atoms with Crippen LogP contribution in [0.5, 0.6) is 5.75 Å². The number of nitrogens with zero attached hydrogens (tertiary/aromatic N) is 1. The molecule has 0 fully saturated rings. The number of carbonyl (C=O) groups excluding carboxylic acids is 1. The normalized spacial score (nSPS) is 13.2. The van der Waals surface area contributed by atoms with E-state index in [0.29, 0.717) is 0 Å². The second kappa shape index (κ2) is 9.70. The number of methoxy groups -OCH3 is 1. The molecule has 2 aromatic carbocycles. The molecule has 0 saturated carbocycles. The Morgan fingerprint density at radius 3 is 2.42 bits per heavy atom. The van der Waals surface area contributed by atoms with Crippen molar-refractivity contribution in [3.63, 3.8) is 0 Å². The second-order valence-electron chi connectivity index (χ2n) is 6.96. The van der Waals surface area contributed by atoms with Crippen LogP contribution < -0.4 is 15.4 Å². The van der Waals surface area contributed by atoms with Crippen molar-refractivity contribution in [3.05, 3.63) is 83.3 Å². The van der Waals surface area contributed by atoms with E-state index in [1.165, 1.54) is 30.5 Å². The van der Waals surface area contributed by atoms with Gasteiger partial charge in [0.2, 0.25) is 5.41 Å². The molecule has 0 bridgehead atoms. The Bertz CT molecular complexity index is 1140. The van der Waals surface area contributed by atoms with E-state index >= 15 is 0 Å². The van der Waals surface area contributed by atoms with Gasteiger partial charge in [-0.15, -0.1) is 0 Å². The molecule has 5 nitrogen and oxygen atoms in total. The summed E-state index contributed by atoms with van der Waals surface area (Å²) in [7, 11) is 2.24. The summed E-state index contributed by atoms with van der Waals surface area (Å²) < 4.78 is 71.6. The number of pyridine rings is 1. The van der Waals surface area contributed by atoms with Gasteiger partial charge < -0.3 is 15.4 Å². The first-order valence-corrected chi connectivity index (χ1v) is 10.1. The number of carbonyl (C=O) groups is 1. The summed E-state index contributed by atoms with van der Waals surface area (Å²) in [5, 5.41) is 1.80. The average molecular weight is 483 g/mol. The fourth-order valence-electron chi connectivity index (χ4n) is 2.94. The lowest BCUT2D eigenvalue weighted by Crippen LogP contribution is -2.32. The molecule has 0 saturated heterocycles. The van der Waals surface area contributed by atoms with E-state index < -0.39 is 23.1 Å². The van der Waals surface area contributed by atoms with Crippen molar-refractivity contribution < 1.29 is 31.5 Å². The molecule has 0 spiro atoms. The predicted octanol–water partition coefficient (Wildman–Crippen LogP) is 5.65. The summed E-state index contributed by atoms with van der Waals surface area (Å²) in [6, 6.07) is 11.9. The molecular formula is C22H19F5N3O2P. The van der Waals surface area contributed by atoms with Gasteiger partial charge in [0.25, 0.3) is 5.91 Å². The SMILES string of the molecule is COc1cc(NC(=O)c2cccnc2NCc2ccc(F)cc2)ccc1C(F)(P)C(F)(F)F. The summed E-state index contributed by atoms with van der Waals surface area (Å²) >= 11 is 0. The predicted molar refractivity (Wildman–Crippen MR) is 117 cm³/mol. The Kier molecular flexibility index (Phi) is 7.17. The third-order valence-corrected chi connectivity index (χ3v) is 5.33. The zero-order valence-electron chi connectivity index (χ0n) is 17.2. The maximum Gasteiger partial charge on any atom is 0.430 e. The highest BCUT2D eigenvalue weighted by atomic mass is 31.0. The lowest BCUT2D eigenvalue weighted by atomic mass is 10.1. The van der Waals surface area contributed by atoms with Gasteiger partial charge in [-0.3, -0.25) is 4.79 Å². The van der Waals surface area contributed by atoms with Crippen LogP contribution in [0.4, 0.5) is 33.5 Å². The molecule has 1 heterocycles. The van der Waals surface area contributed by atoms with Crippen molar-refractivity contribution in [1.29, 1.82) is 0 Å². The number of halogens is 5. The molecule has 1 amide bonds. The zero-order chi connectivity index (χ0) is 24.2. The third kappa shape index (κ3) is 5.57. The molecule has 0 aliphatic rings. The summed E-state index contributed by atoms with van der Waals surface area (Å²) in [6.45, 7) is 0.268. The monoisotopic (exact) mass is 483 g/mol. The van der Waals surface area contributed by atoms with Gasteiger partial charge in [-0.05, 0) is 42.0 Å². The average Bonchev–Trinajstić information content (AvgIpc) is 2.78. The third-order valence-electron chi connectivity index (χ3n) is 4.69. The topological polar surface area (TPSA) is 63.2 Å². The molecule has 0 aliphatic heterocycles. The van der Waals surface area contributed by atoms with E-state index in [4.69, 9.17) is 4.74 Å². The van der Waals surface area contributed by atoms with Gasteiger partial charge in [-0.1, -0.05) is 21.4 Å². The van der Waals surface area contributed by atoms with Crippen molar-refractivity contribution in [2.45, 2.75) is 18.1 Å². The van der Waals surface area contributed by atoms with Crippen LogP contribution in [-0.2, 0) is 12.0 Å². The van der Waals surface area contributed by atoms with E-state index in [1.54, 1.807) is 12.1 Å². The minimum absolute atomic E-state index is 0.0944. The Labute approximate surface area is 188 Å². The van der Waals surface area contributed by atoms with Gasteiger partial charge in [-0.2, -0.15) is 13.2 Å². The van der Waals surface area contributed by atoms with Crippen LogP contribution in [0.15, 0.2) is 60.8 Å². The van der Waals surface area contributed by atoms with E-state index in [2.05, 4.69) is 15.6 Å². The Balaban J connectivity index is 1.80. The number of ether oxygens (including phenoxy) is 1. The summed E-state index contributed by atoms with van der Waals surface area (Å²) in [6.07, 6.45) is -3.71. The van der Waals surface area contributed by atoms with E-state index in [1.807, 2.05) is 0 Å². The second-order valence-corrected chi connectivity index (χ2v) is 7.75. The van der Waals surface area contributed by atoms with Crippen molar-refractivity contribution in [2.24, 2.45) is 0 Å². The minimum atomic E-state index is -5.18. The first-order chi connectivity index (χ1) is 15.5. The molecule has 174 valence electrons. The van der Waals surface area contributed by atoms with Gasteiger partial charge in [0.05, 0.1) is 12.7 Å². The summed E-state index contributed by atoms with van der Waals surface area (Å²) in [5.41, 5.74) is 0.259. The van der Waals surface area contributed by atoms with Crippen molar-refractivity contribution in [2.75, 3.05) is 17.7 Å². The largest absolute Gasteiger partial charge is 0.496 e. The van der Waals surface area contributed by atoms with E-state index in [-0.39, 0.29) is 35.2 Å². The maximum absolute atomic E-state index is 14.4. The van der Waals surface area contributed by atoms with Crippen LogP contribution in [-0.4, -0.2) is 24.2 Å². The molecule has 2 N–H and O–H groups in total. The molecule has 2 atom stereocenters. The van der Waals surface area contributed by atoms with E-state index in [0.717, 1.165) is 40.1 Å². The number of aromatic nitrogens is 1. The van der Waals surface area contributed by atoms with Crippen LogP contribution in [0.25, 0.3) is 0 Å². The molecule has 33 heavy (non-hydrogen) atoms. The fraction of sp³-hybridized carbons (Fsp3) is 0.182. The highest BCUT2D eigenvalue weighted by Crippen LogP contribution is 2.51. The summed E-state index contributed by atoms with van der Waals surface area (Å²) in [4.78, 5) is 16.9. The number of anilines is 2. The maximum atomic E-state index is 14.4. The lowest BCUT2D eigenvalue weighted by Gasteiger charge is -2.25. The molecule has 3 aromatic rings. The van der Waals surface area contributed by atoms with Gasteiger partial charge in [0.1, 0.15) is 17.4 Å². The smallest absolute Gasteiger partial charge is 0.430 e. The highest BCUT2D eigenvalue weighted by molar-refractivity contribution is 7.18. The van der Waals surface area contributed by atoms with Crippen LogP contribution >= 0.6 is 9.24 Å². The molecule has 11 heteroatoms. The lowest BCUT2D eigenvalue weighted by molar-refractivity contribution is -0.199. The molecular weight excluding hydrogens is 464 g/mol. The van der Waals surface area contributed by atoms with Crippen LogP contribution in [0.3, 0.4) is 0 Å². The number of nitrogens with one attached hydrogen (secondary N) is 2. The number of hydrogen-bond acceptors (Lipinski definition) is 4. The van der Waals surface area contributed by atoms with Crippen LogP contribution in [0.1, 0.15) is 21.5 Å². The van der Waals surface area contributed by atoms with Gasteiger partial charge >= 0.3 is 6.18 Å². The van der Waals surface area contributed by atoms with Crippen molar-refractivity contribution in [3.8, 4) is 5.75 Å². The van der Waals surface area contributed by atoms with Crippen LogP contribution in [0, 0.1) is 5.82 Å². The molecule has 0 aliphatic carbocycles. The standard InChI is InChI=1S/C22H19F5N3O2P/c1-32-18-11-15(8-9-17(18)21(24,33)22(25,26)27)30-20(31)16-3-2-10-28-19(16)29-12-13-4-6-14(23)7-5-13/h2-11H,12,33H2,1H3,(H,28,29)(H,30,31). The number of amides is 1. The fourth-order valence-corrected chi connectivity index (χ4v) is 3.18. The molecule has 3 rings (SSSR count). The van der Waals surface area contributed by atoms with Gasteiger partial charge in [0.15, 0.2) is 0 Å². The first-order valence-electron chi connectivity index (χ1n) is 9.50. The zero-order valence-corrected chi connectivity index (χ0v) is 18.4. The number of benzene rings is 2. The number of hydrogen-bond donors (Lipinski definition) is 2. The molecule has 1 aromatic heterocycles. The van der Waals surface area contributed by atoms with Crippen molar-refractivity contribution in [1.82, 2.24) is 4.98 Å². The molecule has 0 radical (unpaired) electrons. The number of alkyl halides is 4. The van der Waals surface area contributed by atoms with Crippen molar-refractivity contribution >= 4 is 26.7 Å². The first kappa shape index (κ1) is 24.4. The number of rotatable bonds is 7. The Morgan fingerprint density at radius 1 is 1.09 bits per heavy atom. The Morgan fingerprint density at radius 2 is 1.79 bits per heavy atom. The minimum Gasteiger partial charge on any atom is -0.496 e. The van der Waals surface area contributed by atoms with Crippen LogP contribution in [0.2, 0.25) is 0 Å².